The molecule has 1 aliphatic rings. The van der Waals surface area contributed by atoms with Gasteiger partial charge in [0.2, 0.25) is 5.91 Å². The maximum atomic E-state index is 12.2. The van der Waals surface area contributed by atoms with E-state index in [0.29, 0.717) is 18.4 Å². The van der Waals surface area contributed by atoms with E-state index in [4.69, 9.17) is 0 Å². The first-order chi connectivity index (χ1) is 8.59. The van der Waals surface area contributed by atoms with Crippen LogP contribution in [0.15, 0.2) is 30.3 Å². The van der Waals surface area contributed by atoms with E-state index in [1.807, 2.05) is 30.1 Å². The molecule has 0 N–H and O–H groups in total. The molecule has 1 amide bonds. The van der Waals surface area contributed by atoms with Gasteiger partial charge in [-0.15, -0.1) is 0 Å². The van der Waals surface area contributed by atoms with Crippen molar-refractivity contribution in [1.29, 1.82) is 0 Å². The van der Waals surface area contributed by atoms with E-state index in [1.165, 1.54) is 18.4 Å². The lowest BCUT2D eigenvalue weighted by atomic mass is 9.97. The summed E-state index contributed by atoms with van der Waals surface area (Å²) in [6, 6.07) is 10.7. The second kappa shape index (κ2) is 5.55. The van der Waals surface area contributed by atoms with E-state index in [2.05, 4.69) is 26.0 Å². The summed E-state index contributed by atoms with van der Waals surface area (Å²) >= 11 is 0. The van der Waals surface area contributed by atoms with Crippen molar-refractivity contribution >= 4 is 5.91 Å². The highest BCUT2D eigenvalue weighted by Gasteiger charge is 2.32. The minimum Gasteiger partial charge on any atom is -0.343 e. The van der Waals surface area contributed by atoms with Gasteiger partial charge in [-0.1, -0.05) is 37.3 Å². The van der Waals surface area contributed by atoms with Gasteiger partial charge in [0.05, 0.1) is 0 Å². The molecule has 2 nitrogen and oxygen atoms in total. The lowest BCUT2D eigenvalue weighted by Crippen LogP contribution is -2.36. The highest BCUT2D eigenvalue weighted by molar-refractivity contribution is 5.77. The highest BCUT2D eigenvalue weighted by Crippen LogP contribution is 2.35. The molecule has 1 aromatic rings. The van der Waals surface area contributed by atoms with Crippen molar-refractivity contribution in [3.05, 3.63) is 35.9 Å². The minimum atomic E-state index is 0.269. The van der Waals surface area contributed by atoms with Crippen LogP contribution in [0, 0.1) is 5.92 Å². The Kier molecular flexibility index (Phi) is 4.05. The monoisotopic (exact) mass is 245 g/mol. The Morgan fingerprint density at radius 3 is 2.44 bits per heavy atom. The Balaban J connectivity index is 1.90. The third kappa shape index (κ3) is 3.12. The first-order valence-corrected chi connectivity index (χ1v) is 6.90. The summed E-state index contributed by atoms with van der Waals surface area (Å²) in [7, 11) is 1.95. The molecule has 0 radical (unpaired) electrons. The highest BCUT2D eigenvalue weighted by atomic mass is 16.2. The molecule has 1 aromatic carbocycles. The van der Waals surface area contributed by atoms with Crippen LogP contribution in [0.25, 0.3) is 0 Å². The summed E-state index contributed by atoms with van der Waals surface area (Å²) in [6.07, 6.45) is 3.18. The molecule has 0 aliphatic heterocycles. The molecule has 0 bridgehead atoms. The third-order valence-corrected chi connectivity index (χ3v) is 4.16. The number of carbonyl (C=O) groups is 1. The molecular formula is C16H23NO. The Morgan fingerprint density at radius 1 is 1.28 bits per heavy atom. The smallest absolute Gasteiger partial charge is 0.223 e. The predicted molar refractivity (Wildman–Crippen MR) is 74.4 cm³/mol. The Morgan fingerprint density at radius 2 is 1.89 bits per heavy atom. The van der Waals surface area contributed by atoms with E-state index in [1.54, 1.807) is 0 Å². The quantitative estimate of drug-likeness (QED) is 0.778. The SMILES string of the molecule is C[C@H](CC(=O)N(C)[C@H](C)C1CC1)c1ccccc1. The summed E-state index contributed by atoms with van der Waals surface area (Å²) in [6.45, 7) is 4.30. The van der Waals surface area contributed by atoms with Gasteiger partial charge in [0.15, 0.2) is 0 Å². The summed E-state index contributed by atoms with van der Waals surface area (Å²) in [5.41, 5.74) is 1.25. The van der Waals surface area contributed by atoms with Crippen LogP contribution in [0.5, 0.6) is 0 Å². The van der Waals surface area contributed by atoms with Crippen LogP contribution in [0.1, 0.15) is 44.6 Å². The zero-order chi connectivity index (χ0) is 13.1. The molecule has 0 heterocycles. The molecule has 18 heavy (non-hydrogen) atoms. The van der Waals surface area contributed by atoms with Crippen LogP contribution in [-0.2, 0) is 4.79 Å². The number of benzene rings is 1. The molecule has 2 rings (SSSR count). The Labute approximate surface area is 110 Å². The molecule has 0 saturated heterocycles. The van der Waals surface area contributed by atoms with Crippen LogP contribution < -0.4 is 0 Å². The third-order valence-electron chi connectivity index (χ3n) is 4.16. The van der Waals surface area contributed by atoms with E-state index in [9.17, 15) is 4.79 Å². The van der Waals surface area contributed by atoms with E-state index in [-0.39, 0.29) is 5.91 Å². The van der Waals surface area contributed by atoms with Crippen molar-refractivity contribution in [3.63, 3.8) is 0 Å². The fourth-order valence-electron chi connectivity index (χ4n) is 2.43. The second-order valence-corrected chi connectivity index (χ2v) is 5.60. The molecule has 1 saturated carbocycles. The van der Waals surface area contributed by atoms with E-state index >= 15 is 0 Å². The predicted octanol–water partition coefficient (Wildman–Crippen LogP) is 3.44. The second-order valence-electron chi connectivity index (χ2n) is 5.60. The van der Waals surface area contributed by atoms with E-state index in [0.717, 1.165) is 5.92 Å². The van der Waals surface area contributed by atoms with Gasteiger partial charge in [0.1, 0.15) is 0 Å². The largest absolute Gasteiger partial charge is 0.343 e. The molecule has 0 spiro atoms. The van der Waals surface area contributed by atoms with Gasteiger partial charge in [-0.05, 0) is 37.2 Å². The number of carbonyl (C=O) groups excluding carboxylic acids is 1. The molecule has 2 atom stereocenters. The van der Waals surface area contributed by atoms with Crippen LogP contribution in [0.2, 0.25) is 0 Å². The Hall–Kier alpha value is -1.31. The van der Waals surface area contributed by atoms with Crippen LogP contribution >= 0.6 is 0 Å². The maximum absolute atomic E-state index is 12.2. The van der Waals surface area contributed by atoms with Gasteiger partial charge in [0.25, 0.3) is 0 Å². The van der Waals surface area contributed by atoms with Crippen molar-refractivity contribution in [2.75, 3.05) is 7.05 Å². The van der Waals surface area contributed by atoms with Gasteiger partial charge in [-0.25, -0.2) is 0 Å². The summed E-state index contributed by atoms with van der Waals surface area (Å²) in [4.78, 5) is 14.2. The van der Waals surface area contributed by atoms with Crippen molar-refractivity contribution in [2.45, 2.75) is 45.1 Å². The van der Waals surface area contributed by atoms with Crippen molar-refractivity contribution in [1.82, 2.24) is 4.90 Å². The number of nitrogens with zero attached hydrogens (tertiary/aromatic N) is 1. The zero-order valence-corrected chi connectivity index (χ0v) is 11.6. The van der Waals surface area contributed by atoms with Crippen molar-refractivity contribution in [3.8, 4) is 0 Å². The number of amides is 1. The number of hydrogen-bond donors (Lipinski definition) is 0. The Bertz CT molecular complexity index is 397. The average molecular weight is 245 g/mol. The van der Waals surface area contributed by atoms with Crippen molar-refractivity contribution in [2.24, 2.45) is 5.92 Å². The van der Waals surface area contributed by atoms with Gasteiger partial charge >= 0.3 is 0 Å². The molecular weight excluding hydrogens is 222 g/mol. The standard InChI is InChI=1S/C16H23NO/c1-12(14-7-5-4-6-8-14)11-16(18)17(3)13(2)15-9-10-15/h4-8,12-13,15H,9-11H2,1-3H3/t12-,13-/m1/s1. The first-order valence-electron chi connectivity index (χ1n) is 6.90. The van der Waals surface area contributed by atoms with Gasteiger partial charge in [-0.2, -0.15) is 0 Å². The first kappa shape index (κ1) is 13.1. The van der Waals surface area contributed by atoms with E-state index < -0.39 is 0 Å². The maximum Gasteiger partial charge on any atom is 0.223 e. The van der Waals surface area contributed by atoms with Gasteiger partial charge in [-0.3, -0.25) is 4.79 Å². The molecule has 2 heteroatoms. The summed E-state index contributed by atoms with van der Waals surface area (Å²) in [5.74, 6) is 1.31. The average Bonchev–Trinajstić information content (AvgIpc) is 3.22. The summed E-state index contributed by atoms with van der Waals surface area (Å²) < 4.78 is 0. The van der Waals surface area contributed by atoms with Crippen LogP contribution in [0.4, 0.5) is 0 Å². The summed E-state index contributed by atoms with van der Waals surface area (Å²) in [5, 5.41) is 0. The molecule has 1 aliphatic carbocycles. The molecule has 0 aromatic heterocycles. The fraction of sp³-hybridized carbons (Fsp3) is 0.562. The fourth-order valence-corrected chi connectivity index (χ4v) is 2.43. The van der Waals surface area contributed by atoms with Gasteiger partial charge in [0, 0.05) is 19.5 Å². The zero-order valence-electron chi connectivity index (χ0n) is 11.6. The van der Waals surface area contributed by atoms with Crippen LogP contribution in [-0.4, -0.2) is 23.9 Å². The van der Waals surface area contributed by atoms with Crippen LogP contribution in [0.3, 0.4) is 0 Å². The molecule has 98 valence electrons. The minimum absolute atomic E-state index is 0.269. The molecule has 0 unspecified atom stereocenters. The number of rotatable bonds is 5. The molecule has 1 fully saturated rings. The number of hydrogen-bond acceptors (Lipinski definition) is 1. The normalized spacial score (nSPS) is 18.2. The lowest BCUT2D eigenvalue weighted by Gasteiger charge is -2.26. The topological polar surface area (TPSA) is 20.3 Å². The van der Waals surface area contributed by atoms with Crippen molar-refractivity contribution < 1.29 is 4.79 Å². The van der Waals surface area contributed by atoms with Gasteiger partial charge < -0.3 is 4.90 Å². The lowest BCUT2D eigenvalue weighted by molar-refractivity contribution is -0.132.